The van der Waals surface area contributed by atoms with Gasteiger partial charge in [0.05, 0.1) is 12.9 Å². The Balaban J connectivity index is 1.65. The first-order chi connectivity index (χ1) is 15.0. The van der Waals surface area contributed by atoms with Gasteiger partial charge in [-0.25, -0.2) is 0 Å². The van der Waals surface area contributed by atoms with Gasteiger partial charge in [0.25, 0.3) is 0 Å². The summed E-state index contributed by atoms with van der Waals surface area (Å²) in [4.78, 5) is 12.4. The Bertz CT molecular complexity index is 1070. The fourth-order valence-electron chi connectivity index (χ4n) is 2.77. The van der Waals surface area contributed by atoms with Crippen LogP contribution in [0.4, 0.5) is 5.69 Å². The number of nitrogens with one attached hydrogen (secondary N) is 1. The molecule has 1 amide bonds. The number of ether oxygens (including phenoxy) is 2. The number of aryl methyl sites for hydroxylation is 1. The SMILES string of the molecule is C=CCn1c(COc2ccccc2OC)nnc1SCC(=O)Nc1cc(Cl)ccc1C. The maximum absolute atomic E-state index is 12.4. The van der Waals surface area contributed by atoms with E-state index in [1.807, 2.05) is 41.8 Å². The Labute approximate surface area is 190 Å². The average Bonchev–Trinajstić information content (AvgIpc) is 3.15. The van der Waals surface area contributed by atoms with E-state index in [9.17, 15) is 4.79 Å². The zero-order valence-corrected chi connectivity index (χ0v) is 18.9. The highest BCUT2D eigenvalue weighted by atomic mass is 35.5. The Hall–Kier alpha value is -2.97. The first-order valence-corrected chi connectivity index (χ1v) is 10.9. The van der Waals surface area contributed by atoms with Gasteiger partial charge in [-0.1, -0.05) is 47.6 Å². The van der Waals surface area contributed by atoms with Gasteiger partial charge in [-0.3, -0.25) is 9.36 Å². The summed E-state index contributed by atoms with van der Waals surface area (Å²) >= 11 is 7.31. The molecule has 1 aromatic heterocycles. The number of hydrogen-bond donors (Lipinski definition) is 1. The third-order valence-corrected chi connectivity index (χ3v) is 5.54. The van der Waals surface area contributed by atoms with Crippen LogP contribution in [0, 0.1) is 6.92 Å². The summed E-state index contributed by atoms with van der Waals surface area (Å²) in [5.41, 5.74) is 1.63. The van der Waals surface area contributed by atoms with Gasteiger partial charge in [0, 0.05) is 17.3 Å². The van der Waals surface area contributed by atoms with E-state index < -0.39 is 0 Å². The third kappa shape index (κ3) is 6.02. The largest absolute Gasteiger partial charge is 0.493 e. The van der Waals surface area contributed by atoms with Crippen molar-refractivity contribution in [1.82, 2.24) is 14.8 Å². The van der Waals surface area contributed by atoms with Crippen molar-refractivity contribution in [2.45, 2.75) is 25.2 Å². The quantitative estimate of drug-likeness (QED) is 0.349. The standard InChI is InChI=1S/C22H23ClN4O3S/c1-4-11-27-20(13-30-19-8-6-5-7-18(19)29-3)25-26-22(27)31-14-21(28)24-17-12-16(23)10-9-15(17)2/h4-10,12H,1,11,13-14H2,2-3H3,(H,24,28). The fourth-order valence-corrected chi connectivity index (χ4v) is 3.71. The number of aromatic nitrogens is 3. The van der Waals surface area contributed by atoms with E-state index in [2.05, 4.69) is 22.1 Å². The normalized spacial score (nSPS) is 10.5. The van der Waals surface area contributed by atoms with Crippen molar-refractivity contribution in [2.24, 2.45) is 0 Å². The van der Waals surface area contributed by atoms with Crippen molar-refractivity contribution in [3.63, 3.8) is 0 Å². The van der Waals surface area contributed by atoms with Gasteiger partial charge >= 0.3 is 0 Å². The minimum atomic E-state index is -0.157. The summed E-state index contributed by atoms with van der Waals surface area (Å²) in [6, 6.07) is 12.8. The Morgan fingerprint density at radius 3 is 2.77 bits per heavy atom. The van der Waals surface area contributed by atoms with Crippen molar-refractivity contribution in [3.05, 3.63) is 71.5 Å². The lowest BCUT2D eigenvalue weighted by Crippen LogP contribution is -2.15. The number of rotatable bonds is 10. The Kier molecular flexibility index (Phi) is 7.97. The molecule has 7 nitrogen and oxygen atoms in total. The zero-order valence-electron chi connectivity index (χ0n) is 17.3. The molecule has 1 heterocycles. The Morgan fingerprint density at radius 2 is 2.03 bits per heavy atom. The first-order valence-electron chi connectivity index (χ1n) is 9.49. The highest BCUT2D eigenvalue weighted by molar-refractivity contribution is 7.99. The van der Waals surface area contributed by atoms with Crippen molar-refractivity contribution in [3.8, 4) is 11.5 Å². The van der Waals surface area contributed by atoms with Crippen LogP contribution < -0.4 is 14.8 Å². The highest BCUT2D eigenvalue weighted by Gasteiger charge is 2.15. The van der Waals surface area contributed by atoms with Crippen LogP contribution in [0.1, 0.15) is 11.4 Å². The number of amides is 1. The van der Waals surface area contributed by atoms with Crippen molar-refractivity contribution < 1.29 is 14.3 Å². The second-order valence-electron chi connectivity index (χ2n) is 6.53. The number of allylic oxidation sites excluding steroid dienone is 1. The topological polar surface area (TPSA) is 78.3 Å². The van der Waals surface area contributed by atoms with Gasteiger partial charge < -0.3 is 14.8 Å². The average molecular weight is 459 g/mol. The summed E-state index contributed by atoms with van der Waals surface area (Å²) in [5.74, 6) is 1.90. The van der Waals surface area contributed by atoms with Crippen LogP contribution in [0.25, 0.3) is 0 Å². The molecule has 0 saturated carbocycles. The third-order valence-electron chi connectivity index (χ3n) is 4.34. The molecule has 0 unspecified atom stereocenters. The van der Waals surface area contributed by atoms with Gasteiger partial charge in [-0.15, -0.1) is 16.8 Å². The zero-order chi connectivity index (χ0) is 22.2. The molecule has 31 heavy (non-hydrogen) atoms. The molecule has 0 fully saturated rings. The Morgan fingerprint density at radius 1 is 1.26 bits per heavy atom. The number of carbonyl (C=O) groups excluding carboxylic acids is 1. The number of hydrogen-bond acceptors (Lipinski definition) is 6. The fraction of sp³-hybridized carbons (Fsp3) is 0.227. The van der Waals surface area contributed by atoms with Crippen LogP contribution in [-0.2, 0) is 17.9 Å². The number of halogens is 1. The number of methoxy groups -OCH3 is 1. The maximum Gasteiger partial charge on any atom is 0.234 e. The number of carbonyl (C=O) groups is 1. The van der Waals surface area contributed by atoms with E-state index in [-0.39, 0.29) is 18.3 Å². The van der Waals surface area contributed by atoms with Crippen LogP contribution in [-0.4, -0.2) is 33.5 Å². The molecule has 162 valence electrons. The number of para-hydroxylation sites is 2. The van der Waals surface area contributed by atoms with Gasteiger partial charge in [0.2, 0.25) is 5.91 Å². The van der Waals surface area contributed by atoms with E-state index in [1.54, 1.807) is 25.3 Å². The predicted molar refractivity (Wildman–Crippen MR) is 123 cm³/mol. The van der Waals surface area contributed by atoms with E-state index in [4.69, 9.17) is 21.1 Å². The van der Waals surface area contributed by atoms with E-state index in [1.165, 1.54) is 11.8 Å². The minimum absolute atomic E-state index is 0.157. The molecule has 0 saturated heterocycles. The molecule has 2 aromatic carbocycles. The molecule has 0 atom stereocenters. The van der Waals surface area contributed by atoms with Gasteiger partial charge in [-0.2, -0.15) is 0 Å². The van der Waals surface area contributed by atoms with Gasteiger partial charge in [0.15, 0.2) is 22.5 Å². The van der Waals surface area contributed by atoms with Crippen molar-refractivity contribution in [1.29, 1.82) is 0 Å². The summed E-state index contributed by atoms with van der Waals surface area (Å²) in [7, 11) is 1.59. The number of nitrogens with zero attached hydrogens (tertiary/aromatic N) is 3. The van der Waals surface area contributed by atoms with E-state index in [0.717, 1.165) is 5.56 Å². The molecule has 0 aliphatic carbocycles. The van der Waals surface area contributed by atoms with Crippen LogP contribution in [0.2, 0.25) is 5.02 Å². The van der Waals surface area contributed by atoms with Crippen molar-refractivity contribution >= 4 is 35.0 Å². The molecule has 0 radical (unpaired) electrons. The lowest BCUT2D eigenvalue weighted by Gasteiger charge is -2.11. The first kappa shape index (κ1) is 22.7. The summed E-state index contributed by atoms with van der Waals surface area (Å²) < 4.78 is 13.0. The molecular weight excluding hydrogens is 436 g/mol. The molecule has 3 aromatic rings. The monoisotopic (exact) mass is 458 g/mol. The van der Waals surface area contributed by atoms with Crippen LogP contribution >= 0.6 is 23.4 Å². The summed E-state index contributed by atoms with van der Waals surface area (Å²) in [5, 5.41) is 12.5. The molecule has 0 aliphatic heterocycles. The predicted octanol–water partition coefficient (Wildman–Crippen LogP) is 4.74. The molecule has 0 bridgehead atoms. The summed E-state index contributed by atoms with van der Waals surface area (Å²) in [6.45, 7) is 6.40. The highest BCUT2D eigenvalue weighted by Crippen LogP contribution is 2.27. The second-order valence-corrected chi connectivity index (χ2v) is 7.91. The second kappa shape index (κ2) is 10.9. The molecule has 3 rings (SSSR count). The lowest BCUT2D eigenvalue weighted by atomic mass is 10.2. The molecule has 0 spiro atoms. The smallest absolute Gasteiger partial charge is 0.234 e. The van der Waals surface area contributed by atoms with Crippen LogP contribution in [0.15, 0.2) is 60.3 Å². The number of anilines is 1. The molecule has 0 aliphatic rings. The lowest BCUT2D eigenvalue weighted by molar-refractivity contribution is -0.113. The number of benzene rings is 2. The number of thioether (sulfide) groups is 1. The van der Waals surface area contributed by atoms with Crippen molar-refractivity contribution in [2.75, 3.05) is 18.2 Å². The van der Waals surface area contributed by atoms with E-state index >= 15 is 0 Å². The van der Waals surface area contributed by atoms with Gasteiger partial charge in [0.1, 0.15) is 6.61 Å². The maximum atomic E-state index is 12.4. The molecule has 9 heteroatoms. The molecule has 1 N–H and O–H groups in total. The molecular formula is C22H23ClN4O3S. The summed E-state index contributed by atoms with van der Waals surface area (Å²) in [6.07, 6.45) is 1.75. The van der Waals surface area contributed by atoms with Gasteiger partial charge in [-0.05, 0) is 36.8 Å². The van der Waals surface area contributed by atoms with E-state index in [0.29, 0.717) is 39.7 Å². The minimum Gasteiger partial charge on any atom is -0.493 e. The van der Waals surface area contributed by atoms with Crippen LogP contribution in [0.5, 0.6) is 11.5 Å². The van der Waals surface area contributed by atoms with Crippen LogP contribution in [0.3, 0.4) is 0 Å².